The molecular formula is C21H22N2OS. The molecule has 0 bridgehead atoms. The Morgan fingerprint density at radius 1 is 1.12 bits per heavy atom. The van der Waals surface area contributed by atoms with Crippen molar-refractivity contribution in [3.8, 4) is 16.8 Å². The van der Waals surface area contributed by atoms with Gasteiger partial charge in [-0.1, -0.05) is 42.7 Å². The highest BCUT2D eigenvalue weighted by Gasteiger charge is 2.23. The van der Waals surface area contributed by atoms with Crippen molar-refractivity contribution in [3.63, 3.8) is 0 Å². The summed E-state index contributed by atoms with van der Waals surface area (Å²) in [5.74, 6) is 0.0546. The van der Waals surface area contributed by atoms with Crippen LogP contribution in [0.15, 0.2) is 54.2 Å². The maximum absolute atomic E-state index is 12.9. The van der Waals surface area contributed by atoms with Crippen LogP contribution < -0.4 is 5.32 Å². The van der Waals surface area contributed by atoms with E-state index < -0.39 is 0 Å². The van der Waals surface area contributed by atoms with E-state index in [0.717, 1.165) is 34.5 Å². The Morgan fingerprint density at radius 2 is 1.80 bits per heavy atom. The molecule has 4 rings (SSSR count). The molecule has 0 saturated heterocycles. The smallest absolute Gasteiger partial charge is 0.263 e. The third-order valence-corrected chi connectivity index (χ3v) is 5.85. The van der Waals surface area contributed by atoms with Gasteiger partial charge in [0.15, 0.2) is 0 Å². The number of nitrogens with zero attached hydrogens (tertiary/aromatic N) is 1. The minimum atomic E-state index is 0.0546. The Bertz CT molecular complexity index is 856. The predicted molar refractivity (Wildman–Crippen MR) is 104 cm³/mol. The average Bonchev–Trinajstić information content (AvgIpc) is 3.36. The molecule has 2 heterocycles. The zero-order valence-electron chi connectivity index (χ0n) is 14.4. The summed E-state index contributed by atoms with van der Waals surface area (Å²) in [6.07, 6.45) is 8.64. The molecule has 3 nitrogen and oxygen atoms in total. The van der Waals surface area contributed by atoms with Gasteiger partial charge in [0, 0.05) is 29.4 Å². The molecule has 1 aliphatic carbocycles. The summed E-state index contributed by atoms with van der Waals surface area (Å²) in [5, 5.41) is 5.33. The van der Waals surface area contributed by atoms with Crippen LogP contribution in [0.1, 0.15) is 40.9 Å². The first kappa shape index (κ1) is 16.2. The molecular weight excluding hydrogens is 328 g/mol. The van der Waals surface area contributed by atoms with Crippen molar-refractivity contribution in [2.45, 2.75) is 38.6 Å². The number of thiophene rings is 1. The van der Waals surface area contributed by atoms with Crippen molar-refractivity contribution < 1.29 is 4.79 Å². The summed E-state index contributed by atoms with van der Waals surface area (Å²) in [4.78, 5) is 13.7. The van der Waals surface area contributed by atoms with Crippen molar-refractivity contribution in [3.05, 3.63) is 64.6 Å². The summed E-state index contributed by atoms with van der Waals surface area (Å²) in [7, 11) is 0. The number of hydrogen-bond donors (Lipinski definition) is 1. The van der Waals surface area contributed by atoms with Gasteiger partial charge in [-0.2, -0.15) is 0 Å². The number of benzene rings is 1. The zero-order chi connectivity index (χ0) is 17.2. The first-order valence-corrected chi connectivity index (χ1v) is 9.73. The van der Waals surface area contributed by atoms with Gasteiger partial charge >= 0.3 is 0 Å². The van der Waals surface area contributed by atoms with Crippen LogP contribution in [0.3, 0.4) is 0 Å². The molecule has 1 saturated carbocycles. The number of nitrogens with one attached hydrogen (secondary N) is 1. The fraction of sp³-hybridized carbons (Fsp3) is 0.286. The SMILES string of the molecule is Cc1ccc(-c2csc(C(=O)NC3CCCC3)c2-n2cccc2)cc1. The lowest BCUT2D eigenvalue weighted by molar-refractivity contribution is 0.0942. The maximum Gasteiger partial charge on any atom is 0.263 e. The molecule has 1 amide bonds. The van der Waals surface area contributed by atoms with Crippen LogP contribution in [-0.2, 0) is 0 Å². The van der Waals surface area contributed by atoms with Gasteiger partial charge < -0.3 is 9.88 Å². The molecule has 2 aromatic heterocycles. The van der Waals surface area contributed by atoms with Crippen molar-refractivity contribution in [2.75, 3.05) is 0 Å². The Morgan fingerprint density at radius 3 is 2.48 bits per heavy atom. The van der Waals surface area contributed by atoms with Gasteiger partial charge in [0.2, 0.25) is 0 Å². The minimum absolute atomic E-state index is 0.0546. The largest absolute Gasteiger partial charge is 0.349 e. The average molecular weight is 350 g/mol. The van der Waals surface area contributed by atoms with Gasteiger partial charge in [-0.3, -0.25) is 4.79 Å². The molecule has 1 N–H and O–H groups in total. The van der Waals surface area contributed by atoms with E-state index in [9.17, 15) is 4.79 Å². The number of rotatable bonds is 4. The predicted octanol–water partition coefficient (Wildman–Crippen LogP) is 5.19. The highest BCUT2D eigenvalue weighted by atomic mass is 32.1. The van der Waals surface area contributed by atoms with Crippen LogP contribution in [0.4, 0.5) is 0 Å². The lowest BCUT2D eigenvalue weighted by atomic mass is 10.0. The Balaban J connectivity index is 1.74. The van der Waals surface area contributed by atoms with Gasteiger partial charge in [0.1, 0.15) is 4.88 Å². The second-order valence-electron chi connectivity index (χ2n) is 6.74. The first-order chi connectivity index (χ1) is 12.2. The Hall–Kier alpha value is -2.33. The van der Waals surface area contributed by atoms with Crippen LogP contribution in [0.5, 0.6) is 0 Å². The summed E-state index contributed by atoms with van der Waals surface area (Å²) in [6.45, 7) is 2.09. The summed E-state index contributed by atoms with van der Waals surface area (Å²) < 4.78 is 2.05. The molecule has 0 spiro atoms. The summed E-state index contributed by atoms with van der Waals surface area (Å²) in [5.41, 5.74) is 4.47. The molecule has 0 aliphatic heterocycles. The van der Waals surface area contributed by atoms with Gasteiger partial charge in [-0.25, -0.2) is 0 Å². The van der Waals surface area contributed by atoms with Crippen LogP contribution in [0.2, 0.25) is 0 Å². The van der Waals surface area contributed by atoms with Crippen LogP contribution in [-0.4, -0.2) is 16.5 Å². The lowest BCUT2D eigenvalue weighted by Crippen LogP contribution is -2.32. The monoisotopic (exact) mass is 350 g/mol. The van der Waals surface area contributed by atoms with Crippen LogP contribution >= 0.6 is 11.3 Å². The number of carbonyl (C=O) groups excluding carboxylic acids is 1. The fourth-order valence-electron chi connectivity index (χ4n) is 3.51. The Labute approximate surface area is 152 Å². The van der Waals surface area contributed by atoms with E-state index in [4.69, 9.17) is 0 Å². The van der Waals surface area contributed by atoms with Gasteiger partial charge in [-0.05, 0) is 37.5 Å². The van der Waals surface area contributed by atoms with Gasteiger partial charge in [-0.15, -0.1) is 11.3 Å². The molecule has 1 fully saturated rings. The highest BCUT2D eigenvalue weighted by Crippen LogP contribution is 2.35. The van der Waals surface area contributed by atoms with E-state index in [1.165, 1.54) is 29.7 Å². The third-order valence-electron chi connectivity index (χ3n) is 4.89. The first-order valence-electron chi connectivity index (χ1n) is 8.85. The lowest BCUT2D eigenvalue weighted by Gasteiger charge is -2.13. The second-order valence-corrected chi connectivity index (χ2v) is 7.62. The molecule has 128 valence electrons. The topological polar surface area (TPSA) is 34.0 Å². The molecule has 25 heavy (non-hydrogen) atoms. The molecule has 3 aromatic rings. The van der Waals surface area contributed by atoms with Crippen molar-refractivity contribution in [2.24, 2.45) is 0 Å². The highest BCUT2D eigenvalue weighted by molar-refractivity contribution is 7.13. The standard InChI is InChI=1S/C21H22N2OS/c1-15-8-10-16(11-9-15)18-14-25-20(19(18)23-12-4-5-13-23)21(24)22-17-6-2-3-7-17/h4-5,8-14,17H,2-3,6-7H2,1H3,(H,22,24). The number of amides is 1. The number of hydrogen-bond acceptors (Lipinski definition) is 2. The molecule has 1 aromatic carbocycles. The third kappa shape index (κ3) is 3.27. The van der Waals surface area contributed by atoms with Crippen LogP contribution in [0.25, 0.3) is 16.8 Å². The maximum atomic E-state index is 12.9. The molecule has 4 heteroatoms. The quantitative estimate of drug-likeness (QED) is 0.690. The fourth-order valence-corrected chi connectivity index (χ4v) is 4.49. The number of aromatic nitrogens is 1. The zero-order valence-corrected chi connectivity index (χ0v) is 15.2. The summed E-state index contributed by atoms with van der Waals surface area (Å²) >= 11 is 1.53. The van der Waals surface area contributed by atoms with E-state index in [-0.39, 0.29) is 5.91 Å². The van der Waals surface area contributed by atoms with Crippen molar-refractivity contribution >= 4 is 17.2 Å². The van der Waals surface area contributed by atoms with Crippen molar-refractivity contribution in [1.82, 2.24) is 9.88 Å². The van der Waals surface area contributed by atoms with E-state index in [2.05, 4.69) is 46.5 Å². The normalized spacial score (nSPS) is 14.8. The minimum Gasteiger partial charge on any atom is -0.349 e. The van der Waals surface area contributed by atoms with Gasteiger partial charge in [0.05, 0.1) is 5.69 Å². The van der Waals surface area contributed by atoms with E-state index >= 15 is 0 Å². The molecule has 0 radical (unpaired) electrons. The van der Waals surface area contributed by atoms with E-state index in [1.54, 1.807) is 0 Å². The number of aryl methyl sites for hydroxylation is 1. The van der Waals surface area contributed by atoms with Gasteiger partial charge in [0.25, 0.3) is 5.91 Å². The molecule has 1 aliphatic rings. The number of carbonyl (C=O) groups is 1. The van der Waals surface area contributed by atoms with E-state index in [1.807, 2.05) is 24.5 Å². The summed E-state index contributed by atoms with van der Waals surface area (Å²) in [6, 6.07) is 12.8. The van der Waals surface area contributed by atoms with E-state index in [0.29, 0.717) is 6.04 Å². The second kappa shape index (κ2) is 6.89. The van der Waals surface area contributed by atoms with Crippen molar-refractivity contribution in [1.29, 1.82) is 0 Å². The Kier molecular flexibility index (Phi) is 4.45. The molecule has 0 atom stereocenters. The molecule has 0 unspecified atom stereocenters. The van der Waals surface area contributed by atoms with Crippen LogP contribution in [0, 0.1) is 6.92 Å².